The fraction of sp³-hybridized carbons (Fsp3) is 0.478. The van der Waals surface area contributed by atoms with Crippen LogP contribution in [0.25, 0.3) is 5.69 Å². The van der Waals surface area contributed by atoms with E-state index < -0.39 is 0 Å². The normalized spacial score (nSPS) is 18.2. The highest BCUT2D eigenvalue weighted by Crippen LogP contribution is 2.28. The maximum absolute atomic E-state index is 13.1. The summed E-state index contributed by atoms with van der Waals surface area (Å²) in [6.45, 7) is 4.01. The van der Waals surface area contributed by atoms with E-state index in [0.717, 1.165) is 5.69 Å². The highest BCUT2D eigenvalue weighted by Gasteiger charge is 2.34. The summed E-state index contributed by atoms with van der Waals surface area (Å²) >= 11 is 0. The lowest BCUT2D eigenvalue weighted by atomic mass is 9.88. The van der Waals surface area contributed by atoms with Gasteiger partial charge >= 0.3 is 0 Å². The lowest BCUT2D eigenvalue weighted by molar-refractivity contribution is -0.141. The molecular weight excluding hydrogens is 394 g/mol. The van der Waals surface area contributed by atoms with Crippen LogP contribution in [-0.4, -0.2) is 63.4 Å². The molecule has 8 nitrogen and oxygen atoms in total. The Kier molecular flexibility index (Phi) is 6.06. The smallest absolute Gasteiger partial charge is 0.225 e. The Hall–Kier alpha value is -3.16. The second kappa shape index (κ2) is 8.91. The van der Waals surface area contributed by atoms with Gasteiger partial charge in [-0.3, -0.25) is 14.4 Å². The molecule has 0 atom stereocenters. The minimum Gasteiger partial charge on any atom is -0.383 e. The number of piperidine rings is 2. The number of benzene rings is 1. The summed E-state index contributed by atoms with van der Waals surface area (Å²) < 4.78 is 1.58. The molecule has 1 aromatic carbocycles. The number of anilines is 1. The van der Waals surface area contributed by atoms with E-state index in [0.29, 0.717) is 63.2 Å². The van der Waals surface area contributed by atoms with E-state index >= 15 is 0 Å². The number of carbonyl (C=O) groups excluding carboxylic acids is 3. The molecule has 2 aromatic rings. The molecule has 0 radical (unpaired) electrons. The Bertz CT molecular complexity index is 955. The molecule has 2 saturated heterocycles. The van der Waals surface area contributed by atoms with Crippen molar-refractivity contribution in [2.24, 2.45) is 11.8 Å². The van der Waals surface area contributed by atoms with Crippen LogP contribution in [0.4, 0.5) is 5.82 Å². The number of hydrogen-bond acceptors (Lipinski definition) is 5. The van der Waals surface area contributed by atoms with E-state index in [1.165, 1.54) is 0 Å². The van der Waals surface area contributed by atoms with Gasteiger partial charge in [-0.25, -0.2) is 4.68 Å². The monoisotopic (exact) mass is 423 g/mol. The van der Waals surface area contributed by atoms with Crippen LogP contribution in [0.15, 0.2) is 36.5 Å². The van der Waals surface area contributed by atoms with Gasteiger partial charge in [-0.15, -0.1) is 0 Å². The number of ketones is 1. The van der Waals surface area contributed by atoms with Crippen LogP contribution < -0.4 is 5.73 Å². The maximum Gasteiger partial charge on any atom is 0.225 e. The first kappa shape index (κ1) is 21.1. The first-order valence-corrected chi connectivity index (χ1v) is 10.9. The number of rotatable bonds is 4. The summed E-state index contributed by atoms with van der Waals surface area (Å²) in [6, 6.07) is 9.49. The SMILES string of the molecule is CC(=O)N1CCC(C(=O)N2CCC(C(=O)c3cnn(-c4ccccc4)c3N)CC2)CC1. The van der Waals surface area contributed by atoms with Crippen molar-refractivity contribution in [2.45, 2.75) is 32.6 Å². The van der Waals surface area contributed by atoms with Gasteiger partial charge in [0, 0.05) is 44.9 Å². The van der Waals surface area contributed by atoms with Crippen molar-refractivity contribution >= 4 is 23.4 Å². The number of Topliss-reactive ketones (excluding diaryl/α,β-unsaturated/α-hetero) is 1. The molecule has 2 N–H and O–H groups in total. The minimum atomic E-state index is -0.153. The predicted molar refractivity (Wildman–Crippen MR) is 117 cm³/mol. The van der Waals surface area contributed by atoms with E-state index in [9.17, 15) is 14.4 Å². The van der Waals surface area contributed by atoms with Gasteiger partial charge in [0.1, 0.15) is 5.82 Å². The van der Waals surface area contributed by atoms with Crippen molar-refractivity contribution in [3.8, 4) is 5.69 Å². The summed E-state index contributed by atoms with van der Waals surface area (Å²) in [4.78, 5) is 41.1. The largest absolute Gasteiger partial charge is 0.383 e. The number of nitrogen functional groups attached to an aromatic ring is 1. The molecule has 8 heteroatoms. The van der Waals surface area contributed by atoms with Crippen LogP contribution in [0.2, 0.25) is 0 Å². The van der Waals surface area contributed by atoms with Crippen LogP contribution in [0, 0.1) is 11.8 Å². The van der Waals surface area contributed by atoms with Gasteiger partial charge < -0.3 is 15.5 Å². The zero-order valence-corrected chi connectivity index (χ0v) is 17.9. The van der Waals surface area contributed by atoms with Crippen LogP contribution in [-0.2, 0) is 9.59 Å². The molecule has 1 aromatic heterocycles. The third-order valence-corrected chi connectivity index (χ3v) is 6.54. The Labute approximate surface area is 182 Å². The van der Waals surface area contributed by atoms with Crippen molar-refractivity contribution in [1.82, 2.24) is 19.6 Å². The molecule has 0 unspecified atom stereocenters. The maximum atomic E-state index is 13.1. The summed E-state index contributed by atoms with van der Waals surface area (Å²) in [6.07, 6.45) is 4.24. The molecule has 0 aliphatic carbocycles. The Morgan fingerprint density at radius 3 is 2.10 bits per heavy atom. The molecule has 2 aliphatic heterocycles. The molecule has 4 rings (SSSR count). The molecule has 0 spiro atoms. The standard InChI is InChI=1S/C23H29N5O3/c1-16(29)26-11-9-18(10-12-26)23(31)27-13-7-17(8-14-27)21(30)20-15-25-28(22(20)24)19-5-3-2-4-6-19/h2-6,15,17-18H,7-14,24H2,1H3. The molecule has 0 bridgehead atoms. The van der Waals surface area contributed by atoms with Crippen molar-refractivity contribution in [3.05, 3.63) is 42.1 Å². The van der Waals surface area contributed by atoms with Gasteiger partial charge in [-0.1, -0.05) is 18.2 Å². The first-order valence-electron chi connectivity index (χ1n) is 10.9. The van der Waals surface area contributed by atoms with Crippen LogP contribution in [0.3, 0.4) is 0 Å². The van der Waals surface area contributed by atoms with Crippen molar-refractivity contribution in [2.75, 3.05) is 31.9 Å². The molecule has 31 heavy (non-hydrogen) atoms. The number of aromatic nitrogens is 2. The van der Waals surface area contributed by atoms with Crippen LogP contribution >= 0.6 is 0 Å². The van der Waals surface area contributed by atoms with Gasteiger partial charge in [0.15, 0.2) is 5.78 Å². The average molecular weight is 424 g/mol. The van der Waals surface area contributed by atoms with Crippen LogP contribution in [0.1, 0.15) is 43.0 Å². The molecule has 0 saturated carbocycles. The molecule has 3 heterocycles. The summed E-state index contributed by atoms with van der Waals surface area (Å²) in [5.74, 6) is 0.404. The molecular formula is C23H29N5O3. The fourth-order valence-electron chi connectivity index (χ4n) is 4.60. The number of likely N-dealkylation sites (tertiary alicyclic amines) is 2. The minimum absolute atomic E-state index is 0.00143. The zero-order chi connectivity index (χ0) is 22.0. The highest BCUT2D eigenvalue weighted by molar-refractivity contribution is 6.01. The second-order valence-electron chi connectivity index (χ2n) is 8.43. The van der Waals surface area contributed by atoms with Crippen molar-refractivity contribution < 1.29 is 14.4 Å². The lowest BCUT2D eigenvalue weighted by Crippen LogP contribution is -2.46. The summed E-state index contributed by atoms with van der Waals surface area (Å²) in [5, 5.41) is 4.30. The first-order chi connectivity index (χ1) is 15.0. The number of carbonyl (C=O) groups is 3. The average Bonchev–Trinajstić information content (AvgIpc) is 3.20. The second-order valence-corrected chi connectivity index (χ2v) is 8.43. The van der Waals surface area contributed by atoms with Gasteiger partial charge in [0.05, 0.1) is 17.4 Å². The highest BCUT2D eigenvalue weighted by atomic mass is 16.2. The number of amides is 2. The summed E-state index contributed by atoms with van der Waals surface area (Å²) in [7, 11) is 0. The lowest BCUT2D eigenvalue weighted by Gasteiger charge is -2.36. The molecule has 2 amide bonds. The Balaban J connectivity index is 1.34. The number of nitrogens with zero attached hydrogens (tertiary/aromatic N) is 4. The van der Waals surface area contributed by atoms with Gasteiger partial charge in [0.2, 0.25) is 11.8 Å². The Morgan fingerprint density at radius 1 is 0.903 bits per heavy atom. The third kappa shape index (κ3) is 4.33. The molecule has 2 aliphatic rings. The van der Waals surface area contributed by atoms with E-state index in [-0.39, 0.29) is 29.4 Å². The van der Waals surface area contributed by atoms with Crippen molar-refractivity contribution in [3.63, 3.8) is 0 Å². The molecule has 2 fully saturated rings. The van der Waals surface area contributed by atoms with E-state index in [1.807, 2.05) is 35.2 Å². The van der Waals surface area contributed by atoms with E-state index in [2.05, 4.69) is 5.10 Å². The molecule has 164 valence electrons. The topological polar surface area (TPSA) is 102 Å². The van der Waals surface area contributed by atoms with E-state index in [4.69, 9.17) is 5.73 Å². The van der Waals surface area contributed by atoms with Crippen molar-refractivity contribution in [1.29, 1.82) is 0 Å². The predicted octanol–water partition coefficient (Wildman–Crippen LogP) is 2.13. The Morgan fingerprint density at radius 2 is 1.48 bits per heavy atom. The van der Waals surface area contributed by atoms with Gasteiger partial charge in [-0.05, 0) is 37.8 Å². The van der Waals surface area contributed by atoms with E-state index in [1.54, 1.807) is 22.7 Å². The summed E-state index contributed by atoms with van der Waals surface area (Å²) in [5.41, 5.74) is 7.50. The number of para-hydroxylation sites is 1. The fourth-order valence-corrected chi connectivity index (χ4v) is 4.60. The number of nitrogens with two attached hydrogens (primary N) is 1. The van der Waals surface area contributed by atoms with Gasteiger partial charge in [-0.2, -0.15) is 5.10 Å². The zero-order valence-electron chi connectivity index (χ0n) is 17.9. The quantitative estimate of drug-likeness (QED) is 0.759. The third-order valence-electron chi connectivity index (χ3n) is 6.54. The van der Waals surface area contributed by atoms with Gasteiger partial charge in [0.25, 0.3) is 0 Å². The number of hydrogen-bond donors (Lipinski definition) is 1. The van der Waals surface area contributed by atoms with Crippen LogP contribution in [0.5, 0.6) is 0 Å².